The SMILES string of the molecule is CC(C)(C)OC(=O)Oc1ccc(I)cc1C=O. The van der Waals surface area contributed by atoms with Gasteiger partial charge in [0.2, 0.25) is 0 Å². The fraction of sp³-hybridized carbons (Fsp3) is 0.333. The number of carbonyl (C=O) groups is 2. The molecule has 1 aromatic rings. The van der Waals surface area contributed by atoms with E-state index in [0.717, 1.165) is 3.57 Å². The number of halogens is 1. The summed E-state index contributed by atoms with van der Waals surface area (Å²) in [5, 5.41) is 0. The fourth-order valence-electron chi connectivity index (χ4n) is 1.06. The Bertz CT molecular complexity index is 435. The monoisotopic (exact) mass is 348 g/mol. The van der Waals surface area contributed by atoms with Crippen LogP contribution in [0.25, 0.3) is 0 Å². The standard InChI is InChI=1S/C12H13IO4/c1-12(2,3)17-11(15)16-10-5-4-9(13)6-8(10)7-14/h4-7H,1-3H3. The molecular weight excluding hydrogens is 335 g/mol. The first-order chi connectivity index (χ1) is 7.81. The predicted molar refractivity (Wildman–Crippen MR) is 71.4 cm³/mol. The molecule has 17 heavy (non-hydrogen) atoms. The summed E-state index contributed by atoms with van der Waals surface area (Å²) >= 11 is 2.07. The van der Waals surface area contributed by atoms with Crippen molar-refractivity contribution in [2.75, 3.05) is 0 Å². The second-order valence-electron chi connectivity index (χ2n) is 4.37. The Morgan fingerprint density at radius 2 is 2.00 bits per heavy atom. The van der Waals surface area contributed by atoms with Gasteiger partial charge in [-0.3, -0.25) is 4.79 Å². The summed E-state index contributed by atoms with van der Waals surface area (Å²) < 4.78 is 10.9. The van der Waals surface area contributed by atoms with Crippen LogP contribution in [0.2, 0.25) is 0 Å². The van der Waals surface area contributed by atoms with Crippen molar-refractivity contribution in [3.05, 3.63) is 27.3 Å². The number of aldehydes is 1. The lowest BCUT2D eigenvalue weighted by atomic mass is 10.2. The normalized spacial score (nSPS) is 10.8. The molecule has 0 amide bonds. The van der Waals surface area contributed by atoms with Crippen molar-refractivity contribution in [2.24, 2.45) is 0 Å². The molecule has 0 atom stereocenters. The highest BCUT2D eigenvalue weighted by Crippen LogP contribution is 2.21. The molecule has 0 spiro atoms. The zero-order chi connectivity index (χ0) is 13.1. The van der Waals surface area contributed by atoms with Crippen LogP contribution in [0.4, 0.5) is 4.79 Å². The van der Waals surface area contributed by atoms with Crippen LogP contribution < -0.4 is 4.74 Å². The smallest absolute Gasteiger partial charge is 0.428 e. The third-order valence-corrected chi connectivity index (χ3v) is 2.35. The summed E-state index contributed by atoms with van der Waals surface area (Å²) in [6, 6.07) is 4.94. The second-order valence-corrected chi connectivity index (χ2v) is 5.61. The van der Waals surface area contributed by atoms with Gasteiger partial charge in [-0.05, 0) is 61.6 Å². The van der Waals surface area contributed by atoms with Gasteiger partial charge in [-0.2, -0.15) is 0 Å². The van der Waals surface area contributed by atoms with Gasteiger partial charge in [-0.1, -0.05) is 0 Å². The third kappa shape index (κ3) is 4.72. The molecule has 1 rings (SSSR count). The van der Waals surface area contributed by atoms with Crippen LogP contribution in [0.5, 0.6) is 5.75 Å². The summed E-state index contributed by atoms with van der Waals surface area (Å²) in [4.78, 5) is 22.2. The van der Waals surface area contributed by atoms with Crippen LogP contribution >= 0.6 is 22.6 Å². The average molecular weight is 348 g/mol. The van der Waals surface area contributed by atoms with E-state index < -0.39 is 11.8 Å². The molecule has 4 nitrogen and oxygen atoms in total. The molecular formula is C12H13IO4. The van der Waals surface area contributed by atoms with Gasteiger partial charge in [0.05, 0.1) is 5.56 Å². The Balaban J connectivity index is 2.81. The highest BCUT2D eigenvalue weighted by atomic mass is 127. The maximum Gasteiger partial charge on any atom is 0.514 e. The molecule has 0 fully saturated rings. The van der Waals surface area contributed by atoms with Gasteiger partial charge in [0.25, 0.3) is 0 Å². The minimum absolute atomic E-state index is 0.203. The Labute approximate surface area is 113 Å². The van der Waals surface area contributed by atoms with Crippen molar-refractivity contribution in [1.82, 2.24) is 0 Å². The first kappa shape index (κ1) is 14.0. The highest BCUT2D eigenvalue weighted by Gasteiger charge is 2.19. The van der Waals surface area contributed by atoms with Crippen LogP contribution in [0.1, 0.15) is 31.1 Å². The fourth-order valence-corrected chi connectivity index (χ4v) is 1.58. The molecule has 0 bridgehead atoms. The van der Waals surface area contributed by atoms with Crippen molar-refractivity contribution >= 4 is 35.0 Å². The van der Waals surface area contributed by atoms with Crippen LogP contribution in [0, 0.1) is 3.57 Å². The lowest BCUT2D eigenvalue weighted by molar-refractivity contribution is 0.0205. The Morgan fingerprint density at radius 3 is 2.53 bits per heavy atom. The Hall–Kier alpha value is -1.11. The highest BCUT2D eigenvalue weighted by molar-refractivity contribution is 14.1. The van der Waals surface area contributed by atoms with Gasteiger partial charge in [0.15, 0.2) is 6.29 Å². The van der Waals surface area contributed by atoms with E-state index in [1.807, 2.05) is 0 Å². The predicted octanol–water partition coefficient (Wildman–Crippen LogP) is 3.42. The van der Waals surface area contributed by atoms with Gasteiger partial charge >= 0.3 is 6.16 Å². The maximum absolute atomic E-state index is 11.4. The summed E-state index contributed by atoms with van der Waals surface area (Å²) in [6.07, 6.45) is -0.177. The molecule has 0 radical (unpaired) electrons. The molecule has 0 aliphatic heterocycles. The molecule has 0 aromatic heterocycles. The minimum Gasteiger partial charge on any atom is -0.428 e. The number of ether oxygens (including phenoxy) is 2. The lowest BCUT2D eigenvalue weighted by Gasteiger charge is -2.18. The molecule has 0 saturated carbocycles. The number of carbonyl (C=O) groups excluding carboxylic acids is 2. The third-order valence-electron chi connectivity index (χ3n) is 1.68. The molecule has 0 aliphatic carbocycles. The van der Waals surface area contributed by atoms with Crippen molar-refractivity contribution in [3.8, 4) is 5.75 Å². The van der Waals surface area contributed by atoms with Crippen molar-refractivity contribution in [3.63, 3.8) is 0 Å². The second kappa shape index (κ2) is 5.48. The molecule has 1 aromatic carbocycles. The molecule has 0 N–H and O–H groups in total. The Morgan fingerprint density at radius 1 is 1.35 bits per heavy atom. The van der Waals surface area contributed by atoms with Crippen LogP contribution in [0.15, 0.2) is 18.2 Å². The van der Waals surface area contributed by atoms with Gasteiger partial charge in [-0.25, -0.2) is 4.79 Å². The minimum atomic E-state index is -0.818. The summed E-state index contributed by atoms with van der Waals surface area (Å²) in [7, 11) is 0. The van der Waals surface area contributed by atoms with Crippen molar-refractivity contribution in [2.45, 2.75) is 26.4 Å². The Kier molecular flexibility index (Phi) is 4.50. The molecule has 92 valence electrons. The number of rotatable bonds is 2. The average Bonchev–Trinajstić information content (AvgIpc) is 2.17. The van der Waals surface area contributed by atoms with Crippen LogP contribution in [-0.4, -0.2) is 18.0 Å². The van der Waals surface area contributed by atoms with E-state index in [2.05, 4.69) is 22.6 Å². The molecule has 0 aliphatic rings. The summed E-state index contributed by atoms with van der Waals surface area (Å²) in [5.41, 5.74) is -0.301. The molecule has 5 heteroatoms. The van der Waals surface area contributed by atoms with Gasteiger partial charge < -0.3 is 9.47 Å². The molecule has 0 heterocycles. The van der Waals surface area contributed by atoms with Gasteiger partial charge in [0.1, 0.15) is 11.4 Å². The van der Waals surface area contributed by atoms with Gasteiger partial charge in [0, 0.05) is 3.57 Å². The summed E-state index contributed by atoms with van der Waals surface area (Å²) in [6.45, 7) is 5.22. The van der Waals surface area contributed by atoms with E-state index in [9.17, 15) is 9.59 Å². The van der Waals surface area contributed by atoms with E-state index in [1.54, 1.807) is 39.0 Å². The molecule has 0 unspecified atom stereocenters. The van der Waals surface area contributed by atoms with Gasteiger partial charge in [-0.15, -0.1) is 0 Å². The summed E-state index contributed by atoms with van der Waals surface area (Å²) in [5.74, 6) is 0.203. The van der Waals surface area contributed by atoms with E-state index >= 15 is 0 Å². The lowest BCUT2D eigenvalue weighted by Crippen LogP contribution is -2.26. The van der Waals surface area contributed by atoms with E-state index in [0.29, 0.717) is 11.8 Å². The largest absolute Gasteiger partial charge is 0.514 e. The number of benzene rings is 1. The van der Waals surface area contributed by atoms with Crippen LogP contribution in [-0.2, 0) is 4.74 Å². The van der Waals surface area contributed by atoms with Crippen LogP contribution in [0.3, 0.4) is 0 Å². The first-order valence-corrected chi connectivity index (χ1v) is 6.05. The number of hydrogen-bond acceptors (Lipinski definition) is 4. The van der Waals surface area contributed by atoms with Crippen molar-refractivity contribution < 1.29 is 19.1 Å². The van der Waals surface area contributed by atoms with Crippen molar-refractivity contribution in [1.29, 1.82) is 0 Å². The topological polar surface area (TPSA) is 52.6 Å². The van der Waals surface area contributed by atoms with E-state index in [-0.39, 0.29) is 5.75 Å². The first-order valence-electron chi connectivity index (χ1n) is 4.97. The quantitative estimate of drug-likeness (QED) is 0.356. The molecule has 0 saturated heterocycles. The maximum atomic E-state index is 11.4. The zero-order valence-corrected chi connectivity index (χ0v) is 12.0. The zero-order valence-electron chi connectivity index (χ0n) is 9.82. The number of hydrogen-bond donors (Lipinski definition) is 0. The van der Waals surface area contributed by atoms with E-state index in [1.165, 1.54) is 0 Å². The van der Waals surface area contributed by atoms with E-state index in [4.69, 9.17) is 9.47 Å².